The van der Waals surface area contributed by atoms with E-state index in [9.17, 15) is 9.59 Å². The molecular weight excluding hydrogens is 212 g/mol. The molecule has 1 saturated carbocycles. The Bertz CT molecular complexity index is 444. The number of carbonyl (C=O) groups is 2. The average molecular weight is 230 g/mol. The van der Waals surface area contributed by atoms with Gasteiger partial charge in [-0.2, -0.15) is 0 Å². The molecule has 1 aromatic carbocycles. The third-order valence-corrected chi connectivity index (χ3v) is 3.38. The zero-order valence-electron chi connectivity index (χ0n) is 10.5. The molecular formula is C15H18O2. The maximum absolute atomic E-state index is 11.5. The van der Waals surface area contributed by atoms with Gasteiger partial charge in [-0.1, -0.05) is 30.7 Å². The van der Waals surface area contributed by atoms with E-state index in [0.717, 1.165) is 12.0 Å². The van der Waals surface area contributed by atoms with Crippen LogP contribution in [0.4, 0.5) is 0 Å². The van der Waals surface area contributed by atoms with Crippen LogP contribution in [-0.2, 0) is 16.0 Å². The molecule has 0 atom stereocenters. The van der Waals surface area contributed by atoms with Crippen molar-refractivity contribution in [1.82, 2.24) is 0 Å². The number of Topliss-reactive ketones (excluding diaryl/α,β-unsaturated/α-hetero) is 2. The van der Waals surface area contributed by atoms with Gasteiger partial charge in [0, 0.05) is 12.8 Å². The summed E-state index contributed by atoms with van der Waals surface area (Å²) in [5.41, 5.74) is 3.65. The third kappa shape index (κ3) is 2.82. The fourth-order valence-corrected chi connectivity index (χ4v) is 2.56. The van der Waals surface area contributed by atoms with E-state index in [2.05, 4.69) is 32.0 Å². The van der Waals surface area contributed by atoms with Crippen LogP contribution in [0.5, 0.6) is 0 Å². The predicted molar refractivity (Wildman–Crippen MR) is 67.2 cm³/mol. The van der Waals surface area contributed by atoms with Crippen molar-refractivity contribution in [3.05, 3.63) is 34.9 Å². The largest absolute Gasteiger partial charge is 0.299 e. The van der Waals surface area contributed by atoms with Crippen molar-refractivity contribution < 1.29 is 9.59 Å². The number of hydrogen-bond acceptors (Lipinski definition) is 2. The first-order valence-corrected chi connectivity index (χ1v) is 6.22. The summed E-state index contributed by atoms with van der Waals surface area (Å²) in [5, 5.41) is 0. The highest BCUT2D eigenvalue weighted by Crippen LogP contribution is 2.30. The molecule has 0 spiro atoms. The van der Waals surface area contributed by atoms with Gasteiger partial charge >= 0.3 is 0 Å². The Hall–Kier alpha value is -1.44. The van der Waals surface area contributed by atoms with Gasteiger partial charge in [0.2, 0.25) is 0 Å². The van der Waals surface area contributed by atoms with Gasteiger partial charge in [0.25, 0.3) is 0 Å². The first-order chi connectivity index (χ1) is 8.08. The van der Waals surface area contributed by atoms with Gasteiger partial charge in [0.15, 0.2) is 0 Å². The highest BCUT2D eigenvalue weighted by atomic mass is 16.1. The lowest BCUT2D eigenvalue weighted by atomic mass is 9.81. The Kier molecular flexibility index (Phi) is 3.41. The van der Waals surface area contributed by atoms with Crippen molar-refractivity contribution >= 4 is 11.6 Å². The molecule has 17 heavy (non-hydrogen) atoms. The summed E-state index contributed by atoms with van der Waals surface area (Å²) in [5.74, 6) is 0.283. The van der Waals surface area contributed by atoms with Gasteiger partial charge in [0.05, 0.1) is 6.42 Å². The second-order valence-electron chi connectivity index (χ2n) is 4.96. The highest BCUT2D eigenvalue weighted by Gasteiger charge is 2.26. The Morgan fingerprint density at radius 3 is 2.35 bits per heavy atom. The van der Waals surface area contributed by atoms with Gasteiger partial charge < -0.3 is 0 Å². The molecule has 2 heteroatoms. The molecule has 0 aliphatic heterocycles. The highest BCUT2D eigenvalue weighted by molar-refractivity contribution is 6.02. The van der Waals surface area contributed by atoms with E-state index in [1.54, 1.807) is 0 Å². The maximum Gasteiger partial charge on any atom is 0.140 e. The maximum atomic E-state index is 11.5. The minimum absolute atomic E-state index is 0.0887. The zero-order chi connectivity index (χ0) is 12.4. The monoisotopic (exact) mass is 230 g/mol. The summed E-state index contributed by atoms with van der Waals surface area (Å²) in [6, 6.07) is 6.41. The van der Waals surface area contributed by atoms with Gasteiger partial charge in [-0.3, -0.25) is 9.59 Å². The van der Waals surface area contributed by atoms with Gasteiger partial charge in [0.1, 0.15) is 11.6 Å². The number of aryl methyl sites for hydroxylation is 2. The molecule has 0 amide bonds. The number of benzene rings is 1. The molecule has 0 bridgehead atoms. The number of carbonyl (C=O) groups excluding carboxylic acids is 2. The Labute approximate surface area is 102 Å². The lowest BCUT2D eigenvalue weighted by molar-refractivity contribution is -0.130. The molecule has 1 aliphatic carbocycles. The summed E-state index contributed by atoms with van der Waals surface area (Å²) in [7, 11) is 0. The smallest absolute Gasteiger partial charge is 0.140 e. The molecule has 0 heterocycles. The standard InChI is InChI=1S/C15H18O2/c1-3-11-4-10(2)5-12(6-11)13-7-14(16)9-15(17)8-13/h4-6,13H,3,7-9H2,1-2H3. The number of rotatable bonds is 2. The molecule has 0 radical (unpaired) electrons. The molecule has 90 valence electrons. The minimum Gasteiger partial charge on any atom is -0.299 e. The van der Waals surface area contributed by atoms with Crippen LogP contribution in [-0.4, -0.2) is 11.6 Å². The third-order valence-electron chi connectivity index (χ3n) is 3.38. The van der Waals surface area contributed by atoms with E-state index in [1.807, 2.05) is 0 Å². The van der Waals surface area contributed by atoms with Crippen molar-refractivity contribution in [3.63, 3.8) is 0 Å². The fourth-order valence-electron chi connectivity index (χ4n) is 2.56. The summed E-state index contributed by atoms with van der Waals surface area (Å²) in [4.78, 5) is 23.0. The average Bonchev–Trinajstić information content (AvgIpc) is 2.26. The number of hydrogen-bond donors (Lipinski definition) is 0. The van der Waals surface area contributed by atoms with Crippen LogP contribution in [0, 0.1) is 6.92 Å². The van der Waals surface area contributed by atoms with Crippen LogP contribution in [0.2, 0.25) is 0 Å². The molecule has 0 N–H and O–H groups in total. The van der Waals surface area contributed by atoms with E-state index in [1.165, 1.54) is 11.1 Å². The van der Waals surface area contributed by atoms with Gasteiger partial charge in [-0.15, -0.1) is 0 Å². The summed E-state index contributed by atoms with van der Waals surface area (Å²) in [6.07, 6.45) is 2.18. The molecule has 0 saturated heterocycles. The molecule has 0 aromatic heterocycles. The quantitative estimate of drug-likeness (QED) is 0.732. The molecule has 1 fully saturated rings. The molecule has 1 aliphatic rings. The van der Waals surface area contributed by atoms with Crippen molar-refractivity contribution in [2.75, 3.05) is 0 Å². The van der Waals surface area contributed by atoms with Crippen LogP contribution in [0.1, 0.15) is 48.8 Å². The zero-order valence-corrected chi connectivity index (χ0v) is 10.5. The van der Waals surface area contributed by atoms with Gasteiger partial charge in [-0.05, 0) is 30.4 Å². The van der Waals surface area contributed by atoms with Crippen molar-refractivity contribution in [1.29, 1.82) is 0 Å². The van der Waals surface area contributed by atoms with E-state index in [-0.39, 0.29) is 23.9 Å². The van der Waals surface area contributed by atoms with Crippen LogP contribution in [0.15, 0.2) is 18.2 Å². The van der Waals surface area contributed by atoms with Gasteiger partial charge in [-0.25, -0.2) is 0 Å². The second kappa shape index (κ2) is 4.82. The van der Waals surface area contributed by atoms with E-state index in [0.29, 0.717) is 12.8 Å². The minimum atomic E-state index is 0.0887. The lowest BCUT2D eigenvalue weighted by Gasteiger charge is -2.21. The van der Waals surface area contributed by atoms with E-state index in [4.69, 9.17) is 0 Å². The lowest BCUT2D eigenvalue weighted by Crippen LogP contribution is -2.21. The molecule has 2 nitrogen and oxygen atoms in total. The van der Waals surface area contributed by atoms with Crippen LogP contribution in [0.25, 0.3) is 0 Å². The Morgan fingerprint density at radius 1 is 1.12 bits per heavy atom. The van der Waals surface area contributed by atoms with Crippen molar-refractivity contribution in [2.45, 2.75) is 45.4 Å². The summed E-state index contributed by atoms with van der Waals surface area (Å²) in [6.45, 7) is 4.19. The second-order valence-corrected chi connectivity index (χ2v) is 4.96. The van der Waals surface area contributed by atoms with Crippen molar-refractivity contribution in [3.8, 4) is 0 Å². The molecule has 0 unspecified atom stereocenters. The van der Waals surface area contributed by atoms with Crippen LogP contribution < -0.4 is 0 Å². The van der Waals surface area contributed by atoms with E-state index < -0.39 is 0 Å². The van der Waals surface area contributed by atoms with Crippen LogP contribution in [0.3, 0.4) is 0 Å². The normalized spacial score (nSPS) is 17.5. The Morgan fingerprint density at radius 2 is 1.76 bits per heavy atom. The molecule has 1 aromatic rings. The first kappa shape index (κ1) is 12.0. The predicted octanol–water partition coefficient (Wildman–Crippen LogP) is 2.96. The first-order valence-electron chi connectivity index (χ1n) is 6.22. The summed E-state index contributed by atoms with van der Waals surface area (Å²) >= 11 is 0. The summed E-state index contributed by atoms with van der Waals surface area (Å²) < 4.78 is 0. The topological polar surface area (TPSA) is 34.1 Å². The molecule has 2 rings (SSSR count). The SMILES string of the molecule is CCc1cc(C)cc(C2CC(=O)CC(=O)C2)c1. The Balaban J connectivity index is 2.29. The van der Waals surface area contributed by atoms with Crippen molar-refractivity contribution in [2.24, 2.45) is 0 Å². The fraction of sp³-hybridized carbons (Fsp3) is 0.467. The number of ketones is 2. The van der Waals surface area contributed by atoms with E-state index >= 15 is 0 Å². The van der Waals surface area contributed by atoms with Crippen LogP contribution >= 0.6 is 0 Å².